The standard InChI is InChI=1S/C14H18O3/c1-3-7-11(2)17-13(15)14(10-16-14)12-8-5-4-6-9-12/h4-6,8-9,11H,3,7,10H2,1-2H3. The molecule has 2 unspecified atom stereocenters. The molecule has 2 atom stereocenters. The third-order valence-electron chi connectivity index (χ3n) is 3.01. The largest absolute Gasteiger partial charge is 0.460 e. The van der Waals surface area contributed by atoms with E-state index in [2.05, 4.69) is 6.92 Å². The Labute approximate surface area is 102 Å². The minimum absolute atomic E-state index is 0.0442. The van der Waals surface area contributed by atoms with Crippen molar-refractivity contribution in [1.82, 2.24) is 0 Å². The van der Waals surface area contributed by atoms with Gasteiger partial charge in [0.1, 0.15) is 0 Å². The summed E-state index contributed by atoms with van der Waals surface area (Å²) in [5.74, 6) is -0.260. The molecular weight excluding hydrogens is 216 g/mol. The van der Waals surface area contributed by atoms with Crippen LogP contribution in [0.15, 0.2) is 30.3 Å². The Bertz CT molecular complexity index is 382. The number of rotatable bonds is 5. The van der Waals surface area contributed by atoms with Crippen molar-refractivity contribution in [2.45, 2.75) is 38.4 Å². The highest BCUT2D eigenvalue weighted by molar-refractivity contribution is 5.84. The summed E-state index contributed by atoms with van der Waals surface area (Å²) in [7, 11) is 0. The van der Waals surface area contributed by atoms with Crippen LogP contribution in [-0.4, -0.2) is 18.7 Å². The molecule has 1 heterocycles. The summed E-state index contributed by atoms with van der Waals surface area (Å²) in [6.45, 7) is 4.42. The summed E-state index contributed by atoms with van der Waals surface area (Å²) in [6.07, 6.45) is 1.85. The van der Waals surface area contributed by atoms with Crippen molar-refractivity contribution in [3.8, 4) is 0 Å². The van der Waals surface area contributed by atoms with Crippen molar-refractivity contribution in [2.75, 3.05) is 6.61 Å². The van der Waals surface area contributed by atoms with Gasteiger partial charge in [-0.3, -0.25) is 0 Å². The smallest absolute Gasteiger partial charge is 0.345 e. The van der Waals surface area contributed by atoms with Crippen LogP contribution in [0, 0.1) is 0 Å². The van der Waals surface area contributed by atoms with Gasteiger partial charge in [-0.2, -0.15) is 0 Å². The van der Waals surface area contributed by atoms with Crippen molar-refractivity contribution in [3.63, 3.8) is 0 Å². The van der Waals surface area contributed by atoms with Crippen molar-refractivity contribution >= 4 is 5.97 Å². The maximum absolute atomic E-state index is 12.1. The van der Waals surface area contributed by atoms with Gasteiger partial charge in [-0.25, -0.2) is 4.79 Å². The Morgan fingerprint density at radius 2 is 2.12 bits per heavy atom. The van der Waals surface area contributed by atoms with Crippen LogP contribution in [-0.2, 0) is 19.9 Å². The molecule has 1 aliphatic rings. The lowest BCUT2D eigenvalue weighted by Crippen LogP contribution is -2.28. The van der Waals surface area contributed by atoms with E-state index in [0.29, 0.717) is 6.61 Å². The number of hydrogen-bond donors (Lipinski definition) is 0. The van der Waals surface area contributed by atoms with Crippen LogP contribution in [0.1, 0.15) is 32.3 Å². The lowest BCUT2D eigenvalue weighted by Gasteiger charge is -2.16. The summed E-state index contributed by atoms with van der Waals surface area (Å²) < 4.78 is 10.8. The normalized spacial score (nSPS) is 24.1. The van der Waals surface area contributed by atoms with Crippen LogP contribution in [0.3, 0.4) is 0 Å². The molecule has 3 nitrogen and oxygen atoms in total. The number of ether oxygens (including phenoxy) is 2. The molecule has 0 aromatic heterocycles. The number of epoxide rings is 1. The van der Waals surface area contributed by atoms with Crippen LogP contribution in [0.2, 0.25) is 0 Å². The van der Waals surface area contributed by atoms with Gasteiger partial charge in [-0.15, -0.1) is 0 Å². The predicted molar refractivity (Wildman–Crippen MR) is 64.5 cm³/mol. The maximum Gasteiger partial charge on any atom is 0.345 e. The van der Waals surface area contributed by atoms with Gasteiger partial charge in [-0.05, 0) is 18.9 Å². The quantitative estimate of drug-likeness (QED) is 0.580. The molecule has 0 bridgehead atoms. The third-order valence-corrected chi connectivity index (χ3v) is 3.01. The SMILES string of the molecule is CCCC(C)OC(=O)C1(c2ccccc2)CO1. The molecule has 1 saturated heterocycles. The molecule has 92 valence electrons. The van der Waals surface area contributed by atoms with Gasteiger partial charge in [-0.1, -0.05) is 43.7 Å². The first-order chi connectivity index (χ1) is 8.19. The molecule has 0 spiro atoms. The zero-order chi connectivity index (χ0) is 12.3. The van der Waals surface area contributed by atoms with Gasteiger partial charge in [0.25, 0.3) is 0 Å². The Morgan fingerprint density at radius 3 is 2.65 bits per heavy atom. The molecule has 0 amide bonds. The number of carbonyl (C=O) groups excluding carboxylic acids is 1. The Balaban J connectivity index is 2.04. The average Bonchev–Trinajstić information content (AvgIpc) is 3.11. The minimum Gasteiger partial charge on any atom is -0.460 e. The van der Waals surface area contributed by atoms with Gasteiger partial charge >= 0.3 is 5.97 Å². The van der Waals surface area contributed by atoms with Crippen LogP contribution < -0.4 is 0 Å². The van der Waals surface area contributed by atoms with Gasteiger partial charge in [0.2, 0.25) is 5.60 Å². The van der Waals surface area contributed by atoms with Gasteiger partial charge in [0.15, 0.2) is 0 Å². The Hall–Kier alpha value is -1.35. The minimum atomic E-state index is -0.830. The Kier molecular flexibility index (Phi) is 3.48. The van der Waals surface area contributed by atoms with E-state index >= 15 is 0 Å². The van der Waals surface area contributed by atoms with Crippen LogP contribution >= 0.6 is 0 Å². The van der Waals surface area contributed by atoms with Crippen LogP contribution in [0.25, 0.3) is 0 Å². The number of benzene rings is 1. The number of esters is 1. The molecule has 3 heteroatoms. The topological polar surface area (TPSA) is 38.8 Å². The Morgan fingerprint density at radius 1 is 1.47 bits per heavy atom. The fourth-order valence-electron chi connectivity index (χ4n) is 1.93. The van der Waals surface area contributed by atoms with E-state index in [9.17, 15) is 4.79 Å². The first-order valence-electron chi connectivity index (χ1n) is 6.09. The molecule has 0 saturated carbocycles. The first kappa shape index (κ1) is 12.1. The fourth-order valence-corrected chi connectivity index (χ4v) is 1.93. The second-order valence-corrected chi connectivity index (χ2v) is 4.49. The number of carbonyl (C=O) groups is 1. The van der Waals surface area contributed by atoms with E-state index < -0.39 is 5.60 Å². The van der Waals surface area contributed by atoms with E-state index in [1.54, 1.807) is 0 Å². The summed E-state index contributed by atoms with van der Waals surface area (Å²) >= 11 is 0. The van der Waals surface area contributed by atoms with Gasteiger partial charge < -0.3 is 9.47 Å². The van der Waals surface area contributed by atoms with Crippen LogP contribution in [0.5, 0.6) is 0 Å². The molecule has 1 aliphatic heterocycles. The molecule has 1 aromatic rings. The molecule has 2 rings (SSSR count). The monoisotopic (exact) mass is 234 g/mol. The summed E-state index contributed by atoms with van der Waals surface area (Å²) in [5, 5.41) is 0. The first-order valence-corrected chi connectivity index (χ1v) is 6.09. The van der Waals surface area contributed by atoms with Crippen molar-refractivity contribution in [2.24, 2.45) is 0 Å². The zero-order valence-corrected chi connectivity index (χ0v) is 10.3. The maximum atomic E-state index is 12.1. The molecule has 0 radical (unpaired) electrons. The van der Waals surface area contributed by atoms with E-state index in [0.717, 1.165) is 18.4 Å². The van der Waals surface area contributed by atoms with Crippen molar-refractivity contribution in [3.05, 3.63) is 35.9 Å². The predicted octanol–water partition coefficient (Wildman–Crippen LogP) is 2.64. The lowest BCUT2D eigenvalue weighted by atomic mass is 10.0. The van der Waals surface area contributed by atoms with Gasteiger partial charge in [0.05, 0.1) is 12.7 Å². The summed E-state index contributed by atoms with van der Waals surface area (Å²) in [4.78, 5) is 12.1. The van der Waals surface area contributed by atoms with E-state index in [4.69, 9.17) is 9.47 Å². The van der Waals surface area contributed by atoms with Gasteiger partial charge in [0, 0.05) is 0 Å². The van der Waals surface area contributed by atoms with Crippen LogP contribution in [0.4, 0.5) is 0 Å². The summed E-state index contributed by atoms with van der Waals surface area (Å²) in [6, 6.07) is 9.53. The fraction of sp³-hybridized carbons (Fsp3) is 0.500. The lowest BCUT2D eigenvalue weighted by molar-refractivity contribution is -0.155. The molecule has 17 heavy (non-hydrogen) atoms. The highest BCUT2D eigenvalue weighted by atomic mass is 16.6. The third kappa shape index (κ3) is 2.50. The summed E-state index contributed by atoms with van der Waals surface area (Å²) in [5.41, 5.74) is 0.0530. The van der Waals surface area contributed by atoms with E-state index in [-0.39, 0.29) is 12.1 Å². The second-order valence-electron chi connectivity index (χ2n) is 4.49. The second kappa shape index (κ2) is 4.88. The highest BCUT2D eigenvalue weighted by Crippen LogP contribution is 2.40. The number of hydrogen-bond acceptors (Lipinski definition) is 3. The highest BCUT2D eigenvalue weighted by Gasteiger charge is 2.55. The molecular formula is C14H18O3. The molecule has 1 aromatic carbocycles. The molecule has 0 aliphatic carbocycles. The van der Waals surface area contributed by atoms with E-state index in [1.165, 1.54) is 0 Å². The van der Waals surface area contributed by atoms with Crippen molar-refractivity contribution in [1.29, 1.82) is 0 Å². The zero-order valence-electron chi connectivity index (χ0n) is 10.3. The van der Waals surface area contributed by atoms with E-state index in [1.807, 2.05) is 37.3 Å². The average molecular weight is 234 g/mol. The molecule has 0 N–H and O–H groups in total. The molecule has 1 fully saturated rings. The van der Waals surface area contributed by atoms with Crippen molar-refractivity contribution < 1.29 is 14.3 Å².